The molecule has 0 spiro atoms. The molecule has 1 N–H and O–H groups in total. The Labute approximate surface area is 125 Å². The van der Waals surface area contributed by atoms with Gasteiger partial charge in [0.25, 0.3) is 0 Å². The van der Waals surface area contributed by atoms with E-state index in [2.05, 4.69) is 19.2 Å². The first-order chi connectivity index (χ1) is 9.58. The Morgan fingerprint density at radius 1 is 1.45 bits per heavy atom. The summed E-state index contributed by atoms with van der Waals surface area (Å²) in [7, 11) is 1.39. The van der Waals surface area contributed by atoms with E-state index in [1.165, 1.54) is 7.11 Å². The van der Waals surface area contributed by atoms with Gasteiger partial charge < -0.3 is 10.1 Å². The van der Waals surface area contributed by atoms with Crippen LogP contribution in [0.4, 0.5) is 0 Å². The summed E-state index contributed by atoms with van der Waals surface area (Å²) in [4.78, 5) is 12.4. The van der Waals surface area contributed by atoms with Crippen LogP contribution in [0.5, 0.6) is 0 Å². The lowest BCUT2D eigenvalue weighted by molar-refractivity contribution is -0.134. The summed E-state index contributed by atoms with van der Waals surface area (Å²) in [6.45, 7) is 4.28. The van der Waals surface area contributed by atoms with Gasteiger partial charge in [-0.1, -0.05) is 56.8 Å². The van der Waals surface area contributed by atoms with Crippen molar-refractivity contribution in [2.45, 2.75) is 26.3 Å². The van der Waals surface area contributed by atoms with E-state index >= 15 is 0 Å². The SMILES string of the molecule is CCC(C)C1NC(=S)c2ccccc2/C1=C/C(=O)OC. The number of hydrogen-bond acceptors (Lipinski definition) is 3. The first kappa shape index (κ1) is 14.7. The zero-order valence-electron chi connectivity index (χ0n) is 12.0. The summed E-state index contributed by atoms with van der Waals surface area (Å²) in [6, 6.07) is 7.94. The van der Waals surface area contributed by atoms with Gasteiger partial charge in [-0.05, 0) is 17.1 Å². The van der Waals surface area contributed by atoms with E-state index in [4.69, 9.17) is 17.0 Å². The third kappa shape index (κ3) is 2.75. The van der Waals surface area contributed by atoms with Crippen LogP contribution in [-0.4, -0.2) is 24.1 Å². The highest BCUT2D eigenvalue weighted by atomic mass is 32.1. The molecule has 1 aliphatic rings. The molecule has 0 radical (unpaired) electrons. The van der Waals surface area contributed by atoms with Gasteiger partial charge in [0.05, 0.1) is 13.2 Å². The minimum Gasteiger partial charge on any atom is -0.466 e. The molecule has 1 aliphatic heterocycles. The van der Waals surface area contributed by atoms with Crippen molar-refractivity contribution in [2.75, 3.05) is 7.11 Å². The highest BCUT2D eigenvalue weighted by Gasteiger charge is 2.30. The zero-order valence-corrected chi connectivity index (χ0v) is 12.8. The second kappa shape index (κ2) is 6.18. The second-order valence-electron chi connectivity index (χ2n) is 5.01. The standard InChI is InChI=1S/C16H19NO2S/c1-4-10(2)15-13(9-14(18)19-3)11-7-5-6-8-12(11)16(20)17-15/h5-10,15H,4H2,1-3H3,(H,17,20)/b13-9-. The van der Waals surface area contributed by atoms with Crippen LogP contribution < -0.4 is 5.32 Å². The first-order valence-electron chi connectivity index (χ1n) is 6.78. The molecule has 1 heterocycles. The van der Waals surface area contributed by atoms with Crippen molar-refractivity contribution in [1.82, 2.24) is 5.32 Å². The number of carbonyl (C=O) groups excluding carboxylic acids is 1. The van der Waals surface area contributed by atoms with Gasteiger partial charge in [0.2, 0.25) is 0 Å². The Balaban J connectivity index is 2.55. The number of fused-ring (bicyclic) bond motifs is 1. The van der Waals surface area contributed by atoms with Crippen LogP contribution in [0.25, 0.3) is 5.57 Å². The van der Waals surface area contributed by atoms with E-state index in [1.54, 1.807) is 6.08 Å². The second-order valence-corrected chi connectivity index (χ2v) is 5.41. The molecule has 1 aromatic carbocycles. The van der Waals surface area contributed by atoms with Crippen molar-refractivity contribution in [1.29, 1.82) is 0 Å². The number of ether oxygens (including phenoxy) is 1. The van der Waals surface area contributed by atoms with Crippen LogP contribution in [0.15, 0.2) is 30.3 Å². The molecule has 0 fully saturated rings. The predicted octanol–water partition coefficient (Wildman–Crippen LogP) is 2.94. The number of methoxy groups -OCH3 is 1. The molecule has 0 aromatic heterocycles. The first-order valence-corrected chi connectivity index (χ1v) is 7.19. The van der Waals surface area contributed by atoms with Gasteiger partial charge in [0.1, 0.15) is 4.99 Å². The lowest BCUT2D eigenvalue weighted by atomic mass is 9.83. The molecule has 0 saturated carbocycles. The molecule has 4 heteroatoms. The maximum Gasteiger partial charge on any atom is 0.330 e. The van der Waals surface area contributed by atoms with E-state index < -0.39 is 0 Å². The predicted molar refractivity (Wildman–Crippen MR) is 84.5 cm³/mol. The summed E-state index contributed by atoms with van der Waals surface area (Å²) < 4.78 is 4.78. The fraction of sp³-hybridized carbons (Fsp3) is 0.375. The maximum atomic E-state index is 11.7. The molecule has 3 nitrogen and oxygen atoms in total. The number of thiocarbonyl (C=S) groups is 1. The number of carbonyl (C=O) groups is 1. The van der Waals surface area contributed by atoms with Crippen molar-refractivity contribution >= 4 is 28.7 Å². The molecule has 0 aliphatic carbocycles. The van der Waals surface area contributed by atoms with E-state index in [-0.39, 0.29) is 12.0 Å². The minimum atomic E-state index is -0.335. The monoisotopic (exact) mass is 289 g/mol. The molecular formula is C16H19NO2S. The summed E-state index contributed by atoms with van der Waals surface area (Å²) in [5.41, 5.74) is 2.94. The molecular weight excluding hydrogens is 270 g/mol. The molecule has 2 rings (SSSR count). The lowest BCUT2D eigenvalue weighted by Gasteiger charge is -2.34. The van der Waals surface area contributed by atoms with Crippen LogP contribution in [0.2, 0.25) is 0 Å². The van der Waals surface area contributed by atoms with Gasteiger partial charge in [-0.15, -0.1) is 0 Å². The summed E-state index contributed by atoms with van der Waals surface area (Å²) in [5, 5.41) is 3.36. The number of nitrogens with one attached hydrogen (secondary N) is 1. The Bertz CT molecular complexity index is 565. The average Bonchev–Trinajstić information content (AvgIpc) is 2.48. The Hall–Kier alpha value is -1.68. The van der Waals surface area contributed by atoms with Gasteiger partial charge in [-0.2, -0.15) is 0 Å². The van der Waals surface area contributed by atoms with Crippen LogP contribution in [0, 0.1) is 5.92 Å². The minimum absolute atomic E-state index is 0.0431. The molecule has 2 unspecified atom stereocenters. The van der Waals surface area contributed by atoms with Crippen molar-refractivity contribution in [3.8, 4) is 0 Å². The van der Waals surface area contributed by atoms with Crippen LogP contribution in [-0.2, 0) is 9.53 Å². The van der Waals surface area contributed by atoms with E-state index in [1.807, 2.05) is 24.3 Å². The molecule has 0 bridgehead atoms. The van der Waals surface area contributed by atoms with Gasteiger partial charge in [-0.3, -0.25) is 0 Å². The van der Waals surface area contributed by atoms with Crippen molar-refractivity contribution in [3.05, 3.63) is 41.5 Å². The zero-order chi connectivity index (χ0) is 14.7. The van der Waals surface area contributed by atoms with Crippen molar-refractivity contribution in [2.24, 2.45) is 5.92 Å². The van der Waals surface area contributed by atoms with Crippen LogP contribution in [0.1, 0.15) is 31.4 Å². The van der Waals surface area contributed by atoms with E-state index in [0.717, 1.165) is 28.1 Å². The lowest BCUT2D eigenvalue weighted by Crippen LogP contribution is -2.44. The number of esters is 1. The molecule has 0 amide bonds. The molecule has 106 valence electrons. The Morgan fingerprint density at radius 3 is 2.70 bits per heavy atom. The number of benzene rings is 1. The third-order valence-electron chi connectivity index (χ3n) is 3.79. The number of rotatable bonds is 3. The molecule has 1 aromatic rings. The average molecular weight is 289 g/mol. The maximum absolute atomic E-state index is 11.7. The highest BCUT2D eigenvalue weighted by Crippen LogP contribution is 2.32. The fourth-order valence-corrected chi connectivity index (χ4v) is 2.74. The summed E-state index contributed by atoms with van der Waals surface area (Å²) in [6.07, 6.45) is 2.57. The van der Waals surface area contributed by atoms with Gasteiger partial charge in [0.15, 0.2) is 0 Å². The van der Waals surface area contributed by atoms with Crippen LogP contribution >= 0.6 is 12.2 Å². The normalized spacial score (nSPS) is 21.1. The van der Waals surface area contributed by atoms with E-state index in [0.29, 0.717) is 5.92 Å². The summed E-state index contributed by atoms with van der Waals surface area (Å²) >= 11 is 5.45. The van der Waals surface area contributed by atoms with Crippen molar-refractivity contribution < 1.29 is 9.53 Å². The largest absolute Gasteiger partial charge is 0.466 e. The highest BCUT2D eigenvalue weighted by molar-refractivity contribution is 7.80. The Kier molecular flexibility index (Phi) is 4.55. The van der Waals surface area contributed by atoms with Crippen LogP contribution in [0.3, 0.4) is 0 Å². The molecule has 2 atom stereocenters. The molecule has 0 saturated heterocycles. The fourth-order valence-electron chi connectivity index (χ4n) is 2.44. The van der Waals surface area contributed by atoms with Gasteiger partial charge in [0, 0.05) is 11.6 Å². The number of hydrogen-bond donors (Lipinski definition) is 1. The topological polar surface area (TPSA) is 38.3 Å². The molecule has 20 heavy (non-hydrogen) atoms. The third-order valence-corrected chi connectivity index (χ3v) is 4.13. The quantitative estimate of drug-likeness (QED) is 0.527. The van der Waals surface area contributed by atoms with Gasteiger partial charge >= 0.3 is 5.97 Å². The smallest absolute Gasteiger partial charge is 0.330 e. The van der Waals surface area contributed by atoms with Crippen molar-refractivity contribution in [3.63, 3.8) is 0 Å². The Morgan fingerprint density at radius 2 is 2.10 bits per heavy atom. The van der Waals surface area contributed by atoms with E-state index in [9.17, 15) is 4.79 Å². The summed E-state index contributed by atoms with van der Waals surface area (Å²) in [5.74, 6) is 0.0370. The van der Waals surface area contributed by atoms with Gasteiger partial charge in [-0.25, -0.2) is 4.79 Å².